The van der Waals surface area contributed by atoms with Crippen molar-refractivity contribution < 1.29 is 46.3 Å². The van der Waals surface area contributed by atoms with Gasteiger partial charge in [0.2, 0.25) is 0 Å². The van der Waals surface area contributed by atoms with Crippen LogP contribution in [0.25, 0.3) is 0 Å². The number of hydrogen-bond acceptors (Lipinski definition) is 10. The molecule has 0 amide bonds. The first-order chi connectivity index (χ1) is 16.7. The number of phosphoric ester groups is 1. The third-order valence-corrected chi connectivity index (χ3v) is 6.17. The number of aliphatic hydroxyl groups excluding tert-OH is 2. The summed E-state index contributed by atoms with van der Waals surface area (Å²) in [7, 11) is -3.65. The molecule has 0 saturated carbocycles. The number of halogens is 1. The molecule has 0 aliphatic carbocycles. The maximum atomic E-state index is 16.0. The molecule has 2 aliphatic rings. The normalized spacial score (nSPS) is 34.8. The van der Waals surface area contributed by atoms with Gasteiger partial charge in [0.25, 0.3) is 5.85 Å². The molecule has 33 heavy (non-hydrogen) atoms. The summed E-state index contributed by atoms with van der Waals surface area (Å²) >= 11 is 4.87. The molecule has 1 fully saturated rings. The number of phosphoric acid groups is 1. The van der Waals surface area contributed by atoms with Crippen LogP contribution < -0.4 is 15.0 Å². The zero-order chi connectivity index (χ0) is 26.7. The van der Waals surface area contributed by atoms with Crippen LogP contribution in [-0.4, -0.2) is 51.5 Å². The molecule has 1 saturated heterocycles. The summed E-state index contributed by atoms with van der Waals surface area (Å²) in [6.07, 6.45) is -2.53. The molecule has 0 bridgehead atoms. The van der Waals surface area contributed by atoms with E-state index in [0.29, 0.717) is 5.56 Å². The molecular weight excluding hydrogens is 482 g/mol. The molecule has 14 heteroatoms. The van der Waals surface area contributed by atoms with Gasteiger partial charge in [0.1, 0.15) is 23.4 Å². The minimum atomic E-state index is -4.94. The van der Waals surface area contributed by atoms with Crippen molar-refractivity contribution in [2.45, 2.75) is 30.9 Å². The summed E-state index contributed by atoms with van der Waals surface area (Å²) in [4.78, 5) is 14.5. The summed E-state index contributed by atoms with van der Waals surface area (Å²) in [6, 6.07) is 4.56. The topological polar surface area (TPSA) is 141 Å². The van der Waals surface area contributed by atoms with E-state index in [-0.39, 0.29) is 26.3 Å². The first-order valence-corrected chi connectivity index (χ1v) is 11.0. The smallest absolute Gasteiger partial charge is 0.493 e. The van der Waals surface area contributed by atoms with E-state index >= 15 is 4.39 Å². The zero-order valence-electron chi connectivity index (χ0n) is 19.7. The van der Waals surface area contributed by atoms with Gasteiger partial charge in [0, 0.05) is 11.8 Å². The van der Waals surface area contributed by atoms with Crippen LogP contribution in [0.1, 0.15) is 21.4 Å². The standard InChI is InChI=1S/C19H18FN2O9PS/c1-3-10-7-22(18(25)21-16(10)33)17-13(23)15(24)19(20,30-17)9-29-32(26)28-8-11-5-4-6-12(27-2)14(11)31-32/h1,4-7,13,15,17,23-24H,8-9H2,2H3,(H,21,25,33)/t13-,15+,17-,19-,32?/m1/s1/i9D2,17D. The lowest BCUT2D eigenvalue weighted by molar-refractivity contribution is -0.205. The number of hydrogen-bond donors (Lipinski definition) is 3. The van der Waals surface area contributed by atoms with Gasteiger partial charge in [-0.1, -0.05) is 30.3 Å². The highest BCUT2D eigenvalue weighted by Gasteiger charge is 2.57. The van der Waals surface area contributed by atoms with Crippen LogP contribution in [0.2, 0.25) is 0 Å². The molecule has 11 nitrogen and oxygen atoms in total. The summed E-state index contributed by atoms with van der Waals surface area (Å²) < 4.78 is 78.5. The lowest BCUT2D eigenvalue weighted by atomic mass is 10.1. The van der Waals surface area contributed by atoms with Gasteiger partial charge in [-0.3, -0.25) is 18.6 Å². The monoisotopic (exact) mass is 503 g/mol. The Labute approximate surface area is 195 Å². The van der Waals surface area contributed by atoms with E-state index in [2.05, 4.69) is 10.9 Å². The van der Waals surface area contributed by atoms with Crippen molar-refractivity contribution in [1.29, 1.82) is 0 Å². The minimum absolute atomic E-state index is 0.0954. The molecular formula is C19H18FN2O9PS. The van der Waals surface area contributed by atoms with Crippen molar-refractivity contribution in [1.82, 2.24) is 9.55 Å². The second-order valence-corrected chi connectivity index (χ2v) is 8.67. The van der Waals surface area contributed by atoms with Gasteiger partial charge in [-0.15, -0.1) is 6.42 Å². The van der Waals surface area contributed by atoms with Gasteiger partial charge in [-0.05, 0) is 6.07 Å². The summed E-state index contributed by atoms with van der Waals surface area (Å²) in [5, 5.41) is 20.9. The Morgan fingerprint density at radius 1 is 1.58 bits per heavy atom. The number of methoxy groups -OCH3 is 1. The predicted molar refractivity (Wildman–Crippen MR) is 112 cm³/mol. The first kappa shape index (κ1) is 19.9. The van der Waals surface area contributed by atoms with E-state index in [9.17, 15) is 19.6 Å². The first-order valence-electron chi connectivity index (χ1n) is 10.6. The number of alkyl halides is 1. The fourth-order valence-electron chi connectivity index (χ4n) is 3.01. The SMILES string of the molecule is [2H]C([2H])(OP1(=O)OCc2cccc(OC)c2O1)[C@@]1(F)O[C@@]([2H])(n2cc(C#C)c(=S)[nH]c2=O)[C@H](O)[C@@H]1O. The molecule has 4 rings (SSSR count). The van der Waals surface area contributed by atoms with E-state index in [4.69, 9.17) is 45.8 Å². The van der Waals surface area contributed by atoms with Crippen molar-refractivity contribution in [2.75, 3.05) is 13.7 Å². The molecule has 3 heterocycles. The molecule has 0 spiro atoms. The fraction of sp³-hybridized carbons (Fsp3) is 0.368. The van der Waals surface area contributed by atoms with Gasteiger partial charge in [0.15, 0.2) is 17.7 Å². The zero-order valence-corrected chi connectivity index (χ0v) is 18.4. The molecule has 2 aromatic rings. The number of terminal acetylenes is 1. The third kappa shape index (κ3) is 4.22. The van der Waals surface area contributed by atoms with Gasteiger partial charge < -0.3 is 24.2 Å². The lowest BCUT2D eigenvalue weighted by Crippen LogP contribution is -2.43. The van der Waals surface area contributed by atoms with Crippen molar-refractivity contribution in [3.63, 3.8) is 0 Å². The molecule has 1 aromatic heterocycles. The van der Waals surface area contributed by atoms with E-state index in [1.807, 2.05) is 0 Å². The largest absolute Gasteiger partial charge is 0.530 e. The summed E-state index contributed by atoms with van der Waals surface area (Å²) in [5.74, 6) is -2.00. The van der Waals surface area contributed by atoms with Crippen molar-refractivity contribution >= 4 is 20.0 Å². The highest BCUT2D eigenvalue weighted by Crippen LogP contribution is 2.57. The Morgan fingerprint density at radius 3 is 3.03 bits per heavy atom. The number of fused-ring (bicyclic) bond motifs is 1. The number of benzene rings is 1. The van der Waals surface area contributed by atoms with Crippen LogP contribution in [0.3, 0.4) is 0 Å². The predicted octanol–water partition coefficient (Wildman–Crippen LogP) is 1.55. The van der Waals surface area contributed by atoms with E-state index in [1.165, 1.54) is 19.2 Å². The molecule has 1 unspecified atom stereocenters. The minimum Gasteiger partial charge on any atom is -0.493 e. The van der Waals surface area contributed by atoms with E-state index < -0.39 is 50.9 Å². The molecule has 0 radical (unpaired) electrons. The quantitative estimate of drug-likeness (QED) is 0.313. The van der Waals surface area contributed by atoms with Crippen LogP contribution in [0.4, 0.5) is 4.39 Å². The number of aromatic nitrogens is 2. The second kappa shape index (κ2) is 8.66. The molecule has 5 atom stereocenters. The van der Waals surface area contributed by atoms with Crippen molar-refractivity contribution in [3.05, 3.63) is 50.6 Å². The average Bonchev–Trinajstić information content (AvgIpc) is 2.99. The Kier molecular flexibility index (Phi) is 5.21. The Morgan fingerprint density at radius 2 is 2.33 bits per heavy atom. The van der Waals surface area contributed by atoms with Crippen LogP contribution in [0, 0.1) is 17.0 Å². The van der Waals surface area contributed by atoms with Gasteiger partial charge >= 0.3 is 13.5 Å². The number of aromatic amines is 1. The van der Waals surface area contributed by atoms with Crippen LogP contribution in [0.15, 0.2) is 29.2 Å². The van der Waals surface area contributed by atoms with E-state index in [0.717, 1.165) is 6.20 Å². The van der Waals surface area contributed by atoms with Gasteiger partial charge in [-0.25, -0.2) is 13.8 Å². The molecule has 2 aliphatic heterocycles. The van der Waals surface area contributed by atoms with Crippen LogP contribution >= 0.6 is 20.0 Å². The Balaban J connectivity index is 1.70. The van der Waals surface area contributed by atoms with Crippen molar-refractivity contribution in [2.24, 2.45) is 0 Å². The van der Waals surface area contributed by atoms with Crippen molar-refractivity contribution in [3.8, 4) is 23.8 Å². The third-order valence-electron chi connectivity index (χ3n) is 4.68. The second-order valence-electron chi connectivity index (χ2n) is 6.75. The van der Waals surface area contributed by atoms with E-state index in [1.54, 1.807) is 6.07 Å². The maximum Gasteiger partial charge on any atom is 0.530 e. The average molecular weight is 503 g/mol. The Bertz CT molecular complexity index is 1420. The highest BCUT2D eigenvalue weighted by molar-refractivity contribution is 7.71. The number of nitrogens with zero attached hydrogens (tertiary/aromatic N) is 1. The van der Waals surface area contributed by atoms with Gasteiger partial charge in [-0.2, -0.15) is 0 Å². The van der Waals surface area contributed by atoms with Crippen LogP contribution in [0.5, 0.6) is 11.5 Å². The lowest BCUT2D eigenvalue weighted by Gasteiger charge is -2.28. The molecule has 1 aromatic carbocycles. The number of aliphatic hydroxyl groups is 2. The summed E-state index contributed by atoms with van der Waals surface area (Å²) in [5.41, 5.74) is -0.984. The highest BCUT2D eigenvalue weighted by atomic mass is 32.1. The van der Waals surface area contributed by atoms with Gasteiger partial charge in [0.05, 0.1) is 23.4 Å². The summed E-state index contributed by atoms with van der Waals surface area (Å²) in [6.45, 7) is -4.29. The molecule has 3 N–H and O–H groups in total. The number of nitrogens with one attached hydrogen (secondary N) is 1. The number of ether oxygens (including phenoxy) is 2. The van der Waals surface area contributed by atoms with Crippen LogP contribution in [-0.2, 0) is 25.0 Å². The Hall–Kier alpha value is -2.56. The fourth-order valence-corrected chi connectivity index (χ4v) is 4.32. The number of H-pyrrole nitrogens is 1. The maximum absolute atomic E-state index is 16.0. The number of rotatable bonds is 5. The molecule has 176 valence electrons. The number of para-hydroxylation sites is 1.